The predicted molar refractivity (Wildman–Crippen MR) is 64.0 cm³/mol. The van der Waals surface area contributed by atoms with Gasteiger partial charge in [-0.15, -0.1) is 0 Å². The van der Waals surface area contributed by atoms with E-state index in [0.29, 0.717) is 0 Å². The molecule has 2 heteroatoms. The number of carbonyl (C=O) groups is 1. The Kier molecular flexibility index (Phi) is 3.88. The van der Waals surface area contributed by atoms with Crippen molar-refractivity contribution in [1.82, 2.24) is 0 Å². The Morgan fingerprint density at radius 2 is 1.94 bits per heavy atom. The van der Waals surface area contributed by atoms with Crippen molar-refractivity contribution in [3.63, 3.8) is 0 Å². The molecule has 0 saturated heterocycles. The zero-order chi connectivity index (χ0) is 11.5. The number of ether oxygens (including phenoxy) is 1. The van der Waals surface area contributed by atoms with Gasteiger partial charge in [-0.2, -0.15) is 0 Å². The zero-order valence-corrected chi connectivity index (χ0v) is 10.6. The highest BCUT2D eigenvalue weighted by atomic mass is 16.5. The van der Waals surface area contributed by atoms with Crippen molar-refractivity contribution < 1.29 is 9.53 Å². The van der Waals surface area contributed by atoms with Crippen molar-refractivity contribution >= 4 is 5.97 Å². The molecule has 2 saturated carbocycles. The SMILES string of the molecule is CCC1CC(C2CCCC(C(=O)OC)C2)C1. The molecule has 0 radical (unpaired) electrons. The molecular weight excluding hydrogens is 200 g/mol. The van der Waals surface area contributed by atoms with E-state index in [-0.39, 0.29) is 11.9 Å². The predicted octanol–water partition coefficient (Wildman–Crippen LogP) is 3.40. The molecule has 92 valence electrons. The molecule has 16 heavy (non-hydrogen) atoms. The van der Waals surface area contributed by atoms with Crippen molar-refractivity contribution in [3.05, 3.63) is 0 Å². The summed E-state index contributed by atoms with van der Waals surface area (Å²) in [6, 6.07) is 0. The summed E-state index contributed by atoms with van der Waals surface area (Å²) < 4.78 is 4.87. The van der Waals surface area contributed by atoms with E-state index in [1.807, 2.05) is 0 Å². The van der Waals surface area contributed by atoms with Crippen molar-refractivity contribution in [1.29, 1.82) is 0 Å². The third kappa shape index (κ3) is 2.41. The van der Waals surface area contributed by atoms with E-state index >= 15 is 0 Å². The Morgan fingerprint density at radius 3 is 2.56 bits per heavy atom. The molecule has 0 aromatic carbocycles. The summed E-state index contributed by atoms with van der Waals surface area (Å²) in [7, 11) is 1.52. The highest BCUT2D eigenvalue weighted by molar-refractivity contribution is 5.72. The summed E-state index contributed by atoms with van der Waals surface area (Å²) in [5, 5.41) is 0. The zero-order valence-electron chi connectivity index (χ0n) is 10.6. The average Bonchev–Trinajstić information content (AvgIpc) is 2.27. The van der Waals surface area contributed by atoms with Gasteiger partial charge >= 0.3 is 5.97 Å². The molecule has 0 aliphatic heterocycles. The molecule has 2 unspecified atom stereocenters. The van der Waals surface area contributed by atoms with Gasteiger partial charge in [0.1, 0.15) is 0 Å². The van der Waals surface area contributed by atoms with E-state index < -0.39 is 0 Å². The lowest BCUT2D eigenvalue weighted by Crippen LogP contribution is -2.34. The van der Waals surface area contributed by atoms with Crippen LogP contribution in [0.15, 0.2) is 0 Å². The van der Waals surface area contributed by atoms with Gasteiger partial charge in [-0.25, -0.2) is 0 Å². The topological polar surface area (TPSA) is 26.3 Å². The van der Waals surface area contributed by atoms with Crippen LogP contribution in [0.3, 0.4) is 0 Å². The molecule has 2 atom stereocenters. The van der Waals surface area contributed by atoms with E-state index in [2.05, 4.69) is 6.92 Å². The molecule has 2 aliphatic rings. The Morgan fingerprint density at radius 1 is 1.19 bits per heavy atom. The summed E-state index contributed by atoms with van der Waals surface area (Å²) in [4.78, 5) is 11.5. The first-order valence-corrected chi connectivity index (χ1v) is 6.82. The highest BCUT2D eigenvalue weighted by Crippen LogP contribution is 2.46. The molecule has 0 bridgehead atoms. The first-order chi connectivity index (χ1) is 7.74. The summed E-state index contributed by atoms with van der Waals surface area (Å²) in [6.07, 6.45) is 8.86. The first kappa shape index (κ1) is 11.9. The maximum atomic E-state index is 11.5. The maximum absolute atomic E-state index is 11.5. The van der Waals surface area contributed by atoms with Gasteiger partial charge in [-0.05, 0) is 43.4 Å². The van der Waals surface area contributed by atoms with E-state index in [0.717, 1.165) is 30.6 Å². The van der Waals surface area contributed by atoms with Crippen LogP contribution in [0.25, 0.3) is 0 Å². The normalized spacial score (nSPS) is 38.9. The molecule has 2 fully saturated rings. The van der Waals surface area contributed by atoms with Gasteiger partial charge in [-0.3, -0.25) is 4.79 Å². The summed E-state index contributed by atoms with van der Waals surface area (Å²) in [5.41, 5.74) is 0. The van der Waals surface area contributed by atoms with Gasteiger partial charge in [0.2, 0.25) is 0 Å². The van der Waals surface area contributed by atoms with E-state index in [1.54, 1.807) is 0 Å². The third-order valence-electron chi connectivity index (χ3n) is 4.77. The van der Waals surface area contributed by atoms with E-state index in [9.17, 15) is 4.79 Å². The van der Waals surface area contributed by atoms with Crippen LogP contribution in [0.2, 0.25) is 0 Å². The number of carbonyl (C=O) groups excluding carboxylic acids is 1. The molecule has 2 rings (SSSR count). The largest absolute Gasteiger partial charge is 0.469 e. The Labute approximate surface area is 98.7 Å². The molecule has 0 heterocycles. The molecular formula is C14H24O2. The number of hydrogen-bond acceptors (Lipinski definition) is 2. The van der Waals surface area contributed by atoms with Gasteiger partial charge in [0.05, 0.1) is 13.0 Å². The molecule has 0 N–H and O–H groups in total. The second-order valence-corrected chi connectivity index (χ2v) is 5.65. The maximum Gasteiger partial charge on any atom is 0.308 e. The molecule has 0 spiro atoms. The van der Waals surface area contributed by atoms with Crippen molar-refractivity contribution in [2.24, 2.45) is 23.7 Å². The van der Waals surface area contributed by atoms with E-state index in [4.69, 9.17) is 4.74 Å². The summed E-state index contributed by atoms with van der Waals surface area (Å²) in [5.74, 6) is 2.92. The third-order valence-corrected chi connectivity index (χ3v) is 4.77. The lowest BCUT2D eigenvalue weighted by atomic mass is 9.63. The van der Waals surface area contributed by atoms with Gasteiger partial charge in [0.15, 0.2) is 0 Å². The minimum atomic E-state index is 0.0241. The number of methoxy groups -OCH3 is 1. The Bertz CT molecular complexity index is 243. The second-order valence-electron chi connectivity index (χ2n) is 5.65. The van der Waals surface area contributed by atoms with Gasteiger partial charge in [-0.1, -0.05) is 26.2 Å². The van der Waals surface area contributed by atoms with Gasteiger partial charge in [0, 0.05) is 0 Å². The van der Waals surface area contributed by atoms with Crippen molar-refractivity contribution in [2.75, 3.05) is 7.11 Å². The molecule has 2 nitrogen and oxygen atoms in total. The lowest BCUT2D eigenvalue weighted by Gasteiger charge is -2.43. The van der Waals surface area contributed by atoms with Crippen LogP contribution in [0.1, 0.15) is 51.9 Å². The van der Waals surface area contributed by atoms with Crippen molar-refractivity contribution in [2.45, 2.75) is 51.9 Å². The fourth-order valence-electron chi connectivity index (χ4n) is 3.54. The molecule has 0 amide bonds. The van der Waals surface area contributed by atoms with Gasteiger partial charge < -0.3 is 4.74 Å². The minimum absolute atomic E-state index is 0.0241. The Hall–Kier alpha value is -0.530. The molecule has 0 aromatic heterocycles. The monoisotopic (exact) mass is 224 g/mol. The smallest absolute Gasteiger partial charge is 0.308 e. The van der Waals surface area contributed by atoms with Crippen LogP contribution in [0.5, 0.6) is 0 Å². The number of hydrogen-bond donors (Lipinski definition) is 0. The fraction of sp³-hybridized carbons (Fsp3) is 0.929. The number of esters is 1. The van der Waals surface area contributed by atoms with Gasteiger partial charge in [0.25, 0.3) is 0 Å². The minimum Gasteiger partial charge on any atom is -0.469 e. The fourth-order valence-corrected chi connectivity index (χ4v) is 3.54. The van der Waals surface area contributed by atoms with Crippen LogP contribution < -0.4 is 0 Å². The summed E-state index contributed by atoms with van der Waals surface area (Å²) >= 11 is 0. The molecule has 0 aromatic rings. The highest BCUT2D eigenvalue weighted by Gasteiger charge is 2.38. The van der Waals surface area contributed by atoms with Crippen LogP contribution in [-0.2, 0) is 9.53 Å². The second kappa shape index (κ2) is 5.20. The summed E-state index contributed by atoms with van der Waals surface area (Å²) in [6.45, 7) is 2.29. The lowest BCUT2D eigenvalue weighted by molar-refractivity contribution is -0.147. The van der Waals surface area contributed by atoms with E-state index in [1.165, 1.54) is 39.2 Å². The van der Waals surface area contributed by atoms with Crippen molar-refractivity contribution in [3.8, 4) is 0 Å². The average molecular weight is 224 g/mol. The Balaban J connectivity index is 1.81. The standard InChI is InChI=1S/C14H24O2/c1-3-10-7-13(8-10)11-5-4-6-12(9-11)14(15)16-2/h10-13H,3-9H2,1-2H3. The van der Waals surface area contributed by atoms with Crippen LogP contribution >= 0.6 is 0 Å². The number of rotatable bonds is 3. The van der Waals surface area contributed by atoms with Crippen LogP contribution in [0.4, 0.5) is 0 Å². The quantitative estimate of drug-likeness (QED) is 0.687. The molecule has 2 aliphatic carbocycles. The van der Waals surface area contributed by atoms with Crippen LogP contribution in [0, 0.1) is 23.7 Å². The van der Waals surface area contributed by atoms with Crippen LogP contribution in [-0.4, -0.2) is 13.1 Å². The first-order valence-electron chi connectivity index (χ1n) is 6.82.